The van der Waals surface area contributed by atoms with E-state index in [1.807, 2.05) is 41.2 Å². The standard InChI is InChI=1S/C21H22ClN7O/c1-13-5-14(15-7-24-25-8-15)11-28(10-13)21-26-17(6-20(27-21)30-2)18-9-23-19-4-3-16(22)12-29(18)19/h3-4,6-9,12-14H,5,10-11H2,1-2H3,(H,24,25)/t13-,14-/m1/s1. The molecule has 0 unspecified atom stereocenters. The molecule has 1 fully saturated rings. The molecule has 0 amide bonds. The van der Waals surface area contributed by atoms with E-state index < -0.39 is 0 Å². The van der Waals surface area contributed by atoms with Crippen LogP contribution in [0.1, 0.15) is 24.8 Å². The van der Waals surface area contributed by atoms with Crippen molar-refractivity contribution >= 4 is 23.2 Å². The second-order valence-corrected chi connectivity index (χ2v) is 8.23. The summed E-state index contributed by atoms with van der Waals surface area (Å²) in [6.07, 6.45) is 8.62. The molecule has 154 valence electrons. The van der Waals surface area contributed by atoms with Gasteiger partial charge in [0.05, 0.1) is 35.9 Å². The van der Waals surface area contributed by atoms with E-state index in [1.165, 1.54) is 5.56 Å². The lowest BCUT2D eigenvalue weighted by atomic mass is 9.87. The van der Waals surface area contributed by atoms with Gasteiger partial charge in [0.25, 0.3) is 0 Å². The molecule has 0 saturated carbocycles. The summed E-state index contributed by atoms with van der Waals surface area (Å²) in [4.78, 5) is 16.2. The largest absolute Gasteiger partial charge is 0.481 e. The van der Waals surface area contributed by atoms with Crippen molar-refractivity contribution in [2.45, 2.75) is 19.3 Å². The van der Waals surface area contributed by atoms with Crippen LogP contribution in [0.25, 0.3) is 17.0 Å². The van der Waals surface area contributed by atoms with Crippen molar-refractivity contribution in [1.29, 1.82) is 0 Å². The number of aromatic nitrogens is 6. The summed E-state index contributed by atoms with van der Waals surface area (Å²) in [5.74, 6) is 2.05. The third kappa shape index (κ3) is 3.47. The zero-order valence-corrected chi connectivity index (χ0v) is 17.5. The molecule has 1 saturated heterocycles. The van der Waals surface area contributed by atoms with Gasteiger partial charge >= 0.3 is 0 Å². The fourth-order valence-electron chi connectivity index (χ4n) is 4.17. The first-order valence-electron chi connectivity index (χ1n) is 9.90. The van der Waals surface area contributed by atoms with Crippen molar-refractivity contribution in [2.75, 3.05) is 25.1 Å². The first-order chi connectivity index (χ1) is 14.6. The molecular formula is C21H22ClN7O. The topological polar surface area (TPSA) is 84.2 Å². The molecule has 0 bridgehead atoms. The van der Waals surface area contributed by atoms with Crippen molar-refractivity contribution in [3.05, 3.63) is 53.6 Å². The normalized spacial score (nSPS) is 19.4. The molecule has 0 aliphatic carbocycles. The highest BCUT2D eigenvalue weighted by molar-refractivity contribution is 6.30. The summed E-state index contributed by atoms with van der Waals surface area (Å²) in [5, 5.41) is 7.67. The van der Waals surface area contributed by atoms with Gasteiger partial charge in [-0.25, -0.2) is 9.97 Å². The van der Waals surface area contributed by atoms with Crippen LogP contribution in [0.3, 0.4) is 0 Å². The van der Waals surface area contributed by atoms with Crippen LogP contribution >= 0.6 is 11.6 Å². The second-order valence-electron chi connectivity index (χ2n) is 7.79. The Balaban J connectivity index is 1.55. The number of pyridine rings is 1. The first-order valence-corrected chi connectivity index (χ1v) is 10.3. The minimum absolute atomic E-state index is 0.375. The SMILES string of the molecule is COc1cc(-c2cnc3ccc(Cl)cn23)nc(N2C[C@H](C)C[C@@H](c3cn[nH]c3)C2)n1. The van der Waals surface area contributed by atoms with Crippen LogP contribution in [0, 0.1) is 5.92 Å². The highest BCUT2D eigenvalue weighted by Crippen LogP contribution is 2.33. The van der Waals surface area contributed by atoms with E-state index in [2.05, 4.69) is 32.0 Å². The van der Waals surface area contributed by atoms with E-state index in [9.17, 15) is 0 Å². The number of rotatable bonds is 4. The predicted octanol–water partition coefficient (Wildman–Crippen LogP) is 3.81. The molecule has 30 heavy (non-hydrogen) atoms. The summed E-state index contributed by atoms with van der Waals surface area (Å²) in [6, 6.07) is 5.53. The molecule has 5 heterocycles. The number of ether oxygens (including phenoxy) is 1. The van der Waals surface area contributed by atoms with Crippen molar-refractivity contribution in [2.24, 2.45) is 5.92 Å². The third-order valence-electron chi connectivity index (χ3n) is 5.57. The zero-order chi connectivity index (χ0) is 20.7. The quantitative estimate of drug-likeness (QED) is 0.537. The predicted molar refractivity (Wildman–Crippen MR) is 115 cm³/mol. The first kappa shape index (κ1) is 18.9. The Bertz CT molecular complexity index is 1170. The molecule has 0 spiro atoms. The van der Waals surface area contributed by atoms with E-state index >= 15 is 0 Å². The van der Waals surface area contributed by atoms with Crippen LogP contribution in [-0.2, 0) is 0 Å². The Labute approximate surface area is 178 Å². The van der Waals surface area contributed by atoms with Gasteiger partial charge < -0.3 is 9.64 Å². The Hall–Kier alpha value is -3.13. The van der Waals surface area contributed by atoms with Crippen LogP contribution in [0.15, 0.2) is 43.0 Å². The number of halogens is 1. The van der Waals surface area contributed by atoms with Crippen LogP contribution in [-0.4, -0.2) is 49.7 Å². The van der Waals surface area contributed by atoms with E-state index in [0.29, 0.717) is 28.7 Å². The fraction of sp³-hybridized carbons (Fsp3) is 0.333. The summed E-state index contributed by atoms with van der Waals surface area (Å²) < 4.78 is 7.43. The summed E-state index contributed by atoms with van der Waals surface area (Å²) in [7, 11) is 1.62. The van der Waals surface area contributed by atoms with Gasteiger partial charge in [-0.05, 0) is 30.0 Å². The van der Waals surface area contributed by atoms with Crippen LogP contribution in [0.4, 0.5) is 5.95 Å². The Kier molecular flexibility index (Phi) is 4.78. The number of fused-ring (bicyclic) bond motifs is 1. The number of aromatic amines is 1. The van der Waals surface area contributed by atoms with E-state index in [1.54, 1.807) is 13.3 Å². The van der Waals surface area contributed by atoms with Crippen molar-refractivity contribution in [1.82, 2.24) is 29.5 Å². The van der Waals surface area contributed by atoms with Crippen LogP contribution < -0.4 is 9.64 Å². The maximum absolute atomic E-state index is 6.21. The maximum atomic E-state index is 6.21. The van der Waals surface area contributed by atoms with Gasteiger partial charge in [-0.3, -0.25) is 9.50 Å². The van der Waals surface area contributed by atoms with Crippen LogP contribution in [0.5, 0.6) is 5.88 Å². The summed E-state index contributed by atoms with van der Waals surface area (Å²) >= 11 is 6.21. The molecule has 2 atom stereocenters. The summed E-state index contributed by atoms with van der Waals surface area (Å²) in [5.41, 5.74) is 3.60. The number of nitrogens with zero attached hydrogens (tertiary/aromatic N) is 6. The molecule has 5 rings (SSSR count). The van der Waals surface area contributed by atoms with E-state index in [4.69, 9.17) is 21.3 Å². The number of imidazole rings is 1. The summed E-state index contributed by atoms with van der Waals surface area (Å²) in [6.45, 7) is 3.97. The molecule has 0 aromatic carbocycles. The number of piperidine rings is 1. The highest BCUT2D eigenvalue weighted by Gasteiger charge is 2.28. The number of hydrogen-bond acceptors (Lipinski definition) is 6. The average Bonchev–Trinajstić information content (AvgIpc) is 3.43. The molecule has 1 aliphatic heterocycles. The van der Waals surface area contributed by atoms with E-state index in [-0.39, 0.29) is 0 Å². The molecule has 1 N–H and O–H groups in total. The zero-order valence-electron chi connectivity index (χ0n) is 16.8. The lowest BCUT2D eigenvalue weighted by Gasteiger charge is -2.36. The Morgan fingerprint density at radius 1 is 1.20 bits per heavy atom. The Morgan fingerprint density at radius 2 is 2.10 bits per heavy atom. The van der Waals surface area contributed by atoms with Gasteiger partial charge in [0.1, 0.15) is 5.65 Å². The molecule has 9 heteroatoms. The number of nitrogens with one attached hydrogen (secondary N) is 1. The van der Waals surface area contributed by atoms with Crippen molar-refractivity contribution in [3.63, 3.8) is 0 Å². The monoisotopic (exact) mass is 423 g/mol. The maximum Gasteiger partial charge on any atom is 0.229 e. The number of H-pyrrole nitrogens is 1. The highest BCUT2D eigenvalue weighted by atomic mass is 35.5. The van der Waals surface area contributed by atoms with Gasteiger partial charge in [-0.15, -0.1) is 0 Å². The smallest absolute Gasteiger partial charge is 0.229 e. The minimum atomic E-state index is 0.375. The molecular weight excluding hydrogens is 402 g/mol. The van der Waals surface area contributed by atoms with Gasteiger partial charge in [0, 0.05) is 37.5 Å². The molecule has 4 aromatic heterocycles. The second kappa shape index (κ2) is 7.60. The van der Waals surface area contributed by atoms with Crippen molar-refractivity contribution in [3.8, 4) is 17.3 Å². The van der Waals surface area contributed by atoms with Crippen molar-refractivity contribution < 1.29 is 4.74 Å². The minimum Gasteiger partial charge on any atom is -0.481 e. The fourth-order valence-corrected chi connectivity index (χ4v) is 4.34. The number of hydrogen-bond donors (Lipinski definition) is 1. The van der Waals surface area contributed by atoms with Crippen LogP contribution in [0.2, 0.25) is 5.02 Å². The van der Waals surface area contributed by atoms with Gasteiger partial charge in [-0.2, -0.15) is 10.1 Å². The number of anilines is 1. The average molecular weight is 424 g/mol. The number of methoxy groups -OCH3 is 1. The lowest BCUT2D eigenvalue weighted by molar-refractivity contribution is 0.385. The van der Waals surface area contributed by atoms with E-state index in [0.717, 1.165) is 36.5 Å². The molecule has 0 radical (unpaired) electrons. The Morgan fingerprint density at radius 3 is 2.90 bits per heavy atom. The molecule has 4 aromatic rings. The third-order valence-corrected chi connectivity index (χ3v) is 5.79. The van der Waals surface area contributed by atoms with Gasteiger partial charge in [-0.1, -0.05) is 18.5 Å². The van der Waals surface area contributed by atoms with Gasteiger partial charge in [0.15, 0.2) is 0 Å². The van der Waals surface area contributed by atoms with Gasteiger partial charge in [0.2, 0.25) is 11.8 Å². The molecule has 8 nitrogen and oxygen atoms in total. The molecule has 1 aliphatic rings. The lowest BCUT2D eigenvalue weighted by Crippen LogP contribution is -2.39.